The summed E-state index contributed by atoms with van der Waals surface area (Å²) < 4.78 is 0. The number of thiocarbonyl (C=S) groups is 1. The van der Waals surface area contributed by atoms with E-state index < -0.39 is 0 Å². The lowest BCUT2D eigenvalue weighted by molar-refractivity contribution is -0.121. The lowest BCUT2D eigenvalue weighted by Gasteiger charge is -2.27. The van der Waals surface area contributed by atoms with Gasteiger partial charge in [-0.3, -0.25) is 9.69 Å². The van der Waals surface area contributed by atoms with Gasteiger partial charge in [0.1, 0.15) is 5.70 Å². The van der Waals surface area contributed by atoms with Gasteiger partial charge in [0.2, 0.25) is 0 Å². The summed E-state index contributed by atoms with van der Waals surface area (Å²) in [5.74, 6) is -0.0789. The molecule has 0 bridgehead atoms. The summed E-state index contributed by atoms with van der Waals surface area (Å²) in [6.45, 7) is 1.10. The van der Waals surface area contributed by atoms with E-state index in [0.717, 1.165) is 18.5 Å². The van der Waals surface area contributed by atoms with Crippen LogP contribution in [-0.4, -0.2) is 36.6 Å². The molecule has 0 spiro atoms. The number of hydrogen-bond donors (Lipinski definition) is 1. The summed E-state index contributed by atoms with van der Waals surface area (Å²) >= 11 is 5.07. The third-order valence-corrected chi connectivity index (χ3v) is 4.22. The van der Waals surface area contributed by atoms with Crippen molar-refractivity contribution in [3.63, 3.8) is 0 Å². The Morgan fingerprint density at radius 1 is 1.35 bits per heavy atom. The first-order valence-electron chi connectivity index (χ1n) is 6.71. The second kappa shape index (κ2) is 4.90. The van der Waals surface area contributed by atoms with Crippen LogP contribution >= 0.6 is 12.2 Å². The van der Waals surface area contributed by atoms with Crippen LogP contribution in [0.25, 0.3) is 6.08 Å². The maximum Gasteiger partial charge on any atom is 0.276 e. The van der Waals surface area contributed by atoms with Crippen molar-refractivity contribution >= 4 is 35.0 Å². The maximum absolute atomic E-state index is 12.0. The molecule has 5 heteroatoms. The highest BCUT2D eigenvalue weighted by atomic mass is 32.1. The molecule has 4 nitrogen and oxygen atoms in total. The smallest absolute Gasteiger partial charge is 0.276 e. The molecule has 0 atom stereocenters. The van der Waals surface area contributed by atoms with E-state index in [4.69, 9.17) is 12.2 Å². The number of nitrogens with one attached hydrogen (secondary N) is 1. The quantitative estimate of drug-likeness (QED) is 0.630. The molecule has 0 saturated carbocycles. The molecular weight excluding hydrogens is 270 g/mol. The third-order valence-electron chi connectivity index (χ3n) is 3.85. The van der Waals surface area contributed by atoms with Crippen LogP contribution in [0.5, 0.6) is 0 Å². The number of amides is 1. The van der Waals surface area contributed by atoms with Crippen molar-refractivity contribution in [3.8, 4) is 0 Å². The number of fused-ring (bicyclic) bond motifs is 1. The highest BCUT2D eigenvalue weighted by Gasteiger charge is 2.27. The molecule has 1 fully saturated rings. The molecule has 3 rings (SSSR count). The van der Waals surface area contributed by atoms with Crippen molar-refractivity contribution in [2.75, 3.05) is 25.5 Å². The fraction of sp³-hybridized carbons (Fsp3) is 0.333. The molecule has 1 N–H and O–H groups in total. The largest absolute Gasteiger partial charge is 0.374 e. The molecule has 1 aromatic rings. The number of anilines is 1. The van der Waals surface area contributed by atoms with Crippen molar-refractivity contribution < 1.29 is 4.79 Å². The molecule has 0 aliphatic carbocycles. The number of carbonyl (C=O) groups excluding carboxylic acids is 1. The molecule has 2 aliphatic rings. The Morgan fingerprint density at radius 3 is 2.85 bits per heavy atom. The highest BCUT2D eigenvalue weighted by molar-refractivity contribution is 7.80. The molecule has 2 heterocycles. The molecule has 2 aliphatic heterocycles. The number of hydrogen-bond acceptors (Lipinski definition) is 3. The predicted octanol–water partition coefficient (Wildman–Crippen LogP) is 1.76. The molecule has 1 saturated heterocycles. The number of nitrogens with zero attached hydrogens (tertiary/aromatic N) is 2. The molecule has 0 radical (unpaired) electrons. The Balaban J connectivity index is 1.93. The number of likely N-dealkylation sites (N-methyl/N-ethyl adjacent to an activating group) is 1. The molecule has 0 unspecified atom stereocenters. The van der Waals surface area contributed by atoms with E-state index in [0.29, 0.717) is 10.8 Å². The average Bonchev–Trinajstić information content (AvgIpc) is 2.67. The van der Waals surface area contributed by atoms with Gasteiger partial charge in [-0.25, -0.2) is 0 Å². The van der Waals surface area contributed by atoms with Gasteiger partial charge in [-0.05, 0) is 54.4 Å². The van der Waals surface area contributed by atoms with Gasteiger partial charge in [-0.15, -0.1) is 0 Å². The van der Waals surface area contributed by atoms with Gasteiger partial charge in [-0.1, -0.05) is 6.07 Å². The Labute approximate surface area is 124 Å². The minimum Gasteiger partial charge on any atom is -0.374 e. The van der Waals surface area contributed by atoms with Crippen LogP contribution in [0.4, 0.5) is 5.69 Å². The number of aryl methyl sites for hydroxylation is 1. The van der Waals surface area contributed by atoms with Crippen LogP contribution in [0.2, 0.25) is 0 Å². The summed E-state index contributed by atoms with van der Waals surface area (Å²) in [5.41, 5.74) is 4.21. The van der Waals surface area contributed by atoms with Crippen molar-refractivity contribution in [1.29, 1.82) is 0 Å². The Kier molecular flexibility index (Phi) is 3.22. The monoisotopic (exact) mass is 287 g/mol. The van der Waals surface area contributed by atoms with Crippen molar-refractivity contribution in [3.05, 3.63) is 35.0 Å². The van der Waals surface area contributed by atoms with E-state index in [2.05, 4.69) is 29.4 Å². The van der Waals surface area contributed by atoms with Gasteiger partial charge in [0, 0.05) is 26.3 Å². The summed E-state index contributed by atoms with van der Waals surface area (Å²) in [4.78, 5) is 15.7. The van der Waals surface area contributed by atoms with Crippen LogP contribution in [0.15, 0.2) is 23.9 Å². The molecule has 104 valence electrons. The summed E-state index contributed by atoms with van der Waals surface area (Å²) in [6.07, 6.45) is 4.14. The topological polar surface area (TPSA) is 35.6 Å². The van der Waals surface area contributed by atoms with E-state index in [1.54, 1.807) is 7.05 Å². The van der Waals surface area contributed by atoms with Gasteiger partial charge in [-0.2, -0.15) is 0 Å². The lowest BCUT2D eigenvalue weighted by atomic mass is 9.99. The molecule has 0 aromatic heterocycles. The minimum atomic E-state index is -0.0789. The fourth-order valence-corrected chi connectivity index (χ4v) is 2.88. The van der Waals surface area contributed by atoms with Crippen LogP contribution in [0.1, 0.15) is 17.5 Å². The number of benzene rings is 1. The normalized spacial score (nSPS) is 20.4. The van der Waals surface area contributed by atoms with Crippen LogP contribution in [-0.2, 0) is 11.2 Å². The molecule has 20 heavy (non-hydrogen) atoms. The van der Waals surface area contributed by atoms with Crippen LogP contribution < -0.4 is 10.2 Å². The van der Waals surface area contributed by atoms with Crippen molar-refractivity contribution in [2.24, 2.45) is 0 Å². The second-order valence-corrected chi connectivity index (χ2v) is 5.65. The Hall–Kier alpha value is -1.88. The molecular formula is C15H17N3OS. The Bertz CT molecular complexity index is 624. The predicted molar refractivity (Wildman–Crippen MR) is 84.5 cm³/mol. The van der Waals surface area contributed by atoms with Crippen molar-refractivity contribution in [2.45, 2.75) is 12.8 Å². The van der Waals surface area contributed by atoms with Gasteiger partial charge >= 0.3 is 0 Å². The zero-order valence-corrected chi connectivity index (χ0v) is 12.5. The minimum absolute atomic E-state index is 0.0789. The summed E-state index contributed by atoms with van der Waals surface area (Å²) in [6, 6.07) is 6.33. The lowest BCUT2D eigenvalue weighted by Crippen LogP contribution is -2.25. The first kappa shape index (κ1) is 13.1. The van der Waals surface area contributed by atoms with Crippen molar-refractivity contribution in [1.82, 2.24) is 10.2 Å². The van der Waals surface area contributed by atoms with E-state index in [9.17, 15) is 4.79 Å². The number of rotatable bonds is 1. The first-order valence-corrected chi connectivity index (χ1v) is 7.12. The molecule has 1 aromatic carbocycles. The van der Waals surface area contributed by atoms with Gasteiger partial charge < -0.3 is 10.2 Å². The second-order valence-electron chi connectivity index (χ2n) is 5.27. The zero-order valence-electron chi connectivity index (χ0n) is 11.6. The molecule has 1 amide bonds. The maximum atomic E-state index is 12.0. The van der Waals surface area contributed by atoms with Gasteiger partial charge in [0.25, 0.3) is 5.91 Å². The van der Waals surface area contributed by atoms with E-state index in [1.807, 2.05) is 12.1 Å². The van der Waals surface area contributed by atoms with Crippen LogP contribution in [0.3, 0.4) is 0 Å². The van der Waals surface area contributed by atoms with Gasteiger partial charge in [0.15, 0.2) is 5.11 Å². The highest BCUT2D eigenvalue weighted by Crippen LogP contribution is 2.27. The number of carbonyl (C=O) groups is 1. The van der Waals surface area contributed by atoms with E-state index >= 15 is 0 Å². The SMILES string of the molecule is CN1C(=O)/C(=C/c2ccc3c(c2)CCCN3C)NC1=S. The Morgan fingerprint density at radius 2 is 2.15 bits per heavy atom. The van der Waals surface area contributed by atoms with Crippen LogP contribution in [0, 0.1) is 0 Å². The van der Waals surface area contributed by atoms with Gasteiger partial charge in [0.05, 0.1) is 0 Å². The third kappa shape index (κ3) is 2.18. The van der Waals surface area contributed by atoms with E-state index in [-0.39, 0.29) is 5.91 Å². The summed E-state index contributed by atoms with van der Waals surface area (Å²) in [7, 11) is 3.80. The summed E-state index contributed by atoms with van der Waals surface area (Å²) in [5, 5.41) is 3.41. The standard InChI is InChI=1S/C15H17N3OS/c1-17-7-3-4-11-8-10(5-6-13(11)17)9-12-14(19)18(2)15(20)16-12/h5-6,8-9H,3-4,7H2,1-2H3,(H,16,20)/b12-9-. The van der Waals surface area contributed by atoms with E-state index in [1.165, 1.54) is 22.6 Å². The average molecular weight is 287 g/mol. The fourth-order valence-electron chi connectivity index (χ4n) is 2.68. The first-order chi connectivity index (χ1) is 9.56. The zero-order chi connectivity index (χ0) is 14.3.